The van der Waals surface area contributed by atoms with E-state index in [4.69, 9.17) is 13.8 Å². The smallest absolute Gasteiger partial charge is 0.456 e. The van der Waals surface area contributed by atoms with E-state index in [-0.39, 0.29) is 25.1 Å². The van der Waals surface area contributed by atoms with Gasteiger partial charge in [-0.05, 0) is 57.4 Å². The van der Waals surface area contributed by atoms with Gasteiger partial charge < -0.3 is 19.4 Å². The van der Waals surface area contributed by atoms with Crippen LogP contribution in [0.5, 0.6) is 0 Å². The Hall–Kier alpha value is -1.51. The standard InChI is InChI=1S/C74H145N2O7P/c1-7-10-13-16-19-22-25-28-30-32-34-36-37-38-39-41-43-45-47-49-52-55-58-61-64-67-74(78)83-72(65-62-59-56-53-50-27-24-21-18-15-12-9-3)71(70-82-84(79,80)81-69-68-76(4,5)6)75-73(77)66-63-60-57-54-51-48-46-44-42-40-35-33-31-29-26-23-20-17-14-11-8-2/h28,30,62,65,71-72H,7-27,29,31-61,63-64,66-70H2,1-6H3,(H-,75,77,79,80)/p+1/b30-28+,65-62+. The summed E-state index contributed by atoms with van der Waals surface area (Å²) in [7, 11) is 1.52. The Bertz CT molecular complexity index is 1480. The summed E-state index contributed by atoms with van der Waals surface area (Å²) in [6.07, 6.45) is 79.1. The normalized spacial score (nSPS) is 13.6. The number of nitrogens with one attached hydrogen (secondary N) is 1. The molecule has 0 bridgehead atoms. The molecule has 0 aromatic carbocycles. The van der Waals surface area contributed by atoms with E-state index >= 15 is 0 Å². The van der Waals surface area contributed by atoms with E-state index in [0.29, 0.717) is 23.9 Å². The van der Waals surface area contributed by atoms with Crippen molar-refractivity contribution in [1.82, 2.24) is 5.32 Å². The van der Waals surface area contributed by atoms with Gasteiger partial charge in [0.25, 0.3) is 0 Å². The third-order valence-corrected chi connectivity index (χ3v) is 18.1. The number of likely N-dealkylation sites (N-methyl/N-ethyl adjacent to an activating group) is 1. The van der Waals surface area contributed by atoms with E-state index in [1.165, 1.54) is 295 Å². The number of carbonyl (C=O) groups excluding carboxylic acids is 2. The molecule has 0 fully saturated rings. The first kappa shape index (κ1) is 82.5. The molecule has 0 aliphatic rings. The lowest BCUT2D eigenvalue weighted by Crippen LogP contribution is -2.47. The van der Waals surface area contributed by atoms with Crippen LogP contribution in [-0.2, 0) is 27.9 Å². The lowest BCUT2D eigenvalue weighted by molar-refractivity contribution is -0.870. The fourth-order valence-electron chi connectivity index (χ4n) is 11.4. The summed E-state index contributed by atoms with van der Waals surface area (Å²) in [6.45, 7) is 7.09. The minimum absolute atomic E-state index is 0.0449. The molecular weight excluding hydrogens is 1060 g/mol. The highest BCUT2D eigenvalue weighted by molar-refractivity contribution is 7.47. The molecule has 3 unspecified atom stereocenters. The number of nitrogens with zero attached hydrogens (tertiary/aromatic N) is 1. The number of phosphoric ester groups is 1. The van der Waals surface area contributed by atoms with E-state index in [1.54, 1.807) is 0 Å². The predicted octanol–water partition coefficient (Wildman–Crippen LogP) is 23.6. The highest BCUT2D eigenvalue weighted by Crippen LogP contribution is 2.43. The number of rotatable bonds is 69. The molecule has 9 nitrogen and oxygen atoms in total. The van der Waals surface area contributed by atoms with Gasteiger partial charge in [0, 0.05) is 12.8 Å². The molecular formula is C74H146N2O7P+. The maximum Gasteiger partial charge on any atom is 0.472 e. The van der Waals surface area contributed by atoms with E-state index in [9.17, 15) is 19.0 Å². The number of hydrogen-bond donors (Lipinski definition) is 2. The maximum atomic E-state index is 13.6. The van der Waals surface area contributed by atoms with Crippen LogP contribution < -0.4 is 5.32 Å². The average molecular weight is 1210 g/mol. The van der Waals surface area contributed by atoms with Gasteiger partial charge in [0.1, 0.15) is 19.3 Å². The number of hydrogen-bond acceptors (Lipinski definition) is 6. The van der Waals surface area contributed by atoms with Gasteiger partial charge in [-0.3, -0.25) is 18.6 Å². The summed E-state index contributed by atoms with van der Waals surface area (Å²) < 4.78 is 30.9. The van der Waals surface area contributed by atoms with Crippen molar-refractivity contribution in [3.05, 3.63) is 24.3 Å². The molecule has 0 saturated heterocycles. The molecule has 10 heteroatoms. The summed E-state index contributed by atoms with van der Waals surface area (Å²) in [4.78, 5) is 37.9. The molecule has 0 saturated carbocycles. The molecule has 0 aliphatic carbocycles. The fraction of sp³-hybridized carbons (Fsp3) is 0.919. The molecule has 0 heterocycles. The van der Waals surface area contributed by atoms with Crippen LogP contribution in [0.1, 0.15) is 387 Å². The first-order valence-electron chi connectivity index (χ1n) is 37.2. The van der Waals surface area contributed by atoms with Gasteiger partial charge in [-0.15, -0.1) is 0 Å². The number of unbranched alkanes of at least 4 members (excludes halogenated alkanes) is 51. The molecule has 84 heavy (non-hydrogen) atoms. The Labute approximate surface area is 524 Å². The molecule has 1 amide bonds. The number of carbonyl (C=O) groups is 2. The maximum absolute atomic E-state index is 13.6. The molecule has 2 N–H and O–H groups in total. The minimum atomic E-state index is -4.45. The van der Waals surface area contributed by atoms with Crippen LogP contribution in [0, 0.1) is 0 Å². The molecule has 0 aromatic rings. The second kappa shape index (κ2) is 64.5. The SMILES string of the molecule is CCCCCCCC/C=C/CCCCCCCCCCCCCCCCCC(=O)OC(/C=C/CCCCCCCCCCCC)C(COP(=O)(O)OCC[N+](C)(C)C)NC(=O)CCCCCCCCCCCCCCCCCCCCCCC. The van der Waals surface area contributed by atoms with Crippen molar-refractivity contribution in [1.29, 1.82) is 0 Å². The highest BCUT2D eigenvalue weighted by atomic mass is 31.2. The van der Waals surface area contributed by atoms with E-state index in [0.717, 1.165) is 57.8 Å². The van der Waals surface area contributed by atoms with Crippen LogP contribution in [0.2, 0.25) is 0 Å². The van der Waals surface area contributed by atoms with Crippen molar-refractivity contribution in [3.63, 3.8) is 0 Å². The second-order valence-electron chi connectivity index (χ2n) is 26.8. The molecule has 0 spiro atoms. The zero-order chi connectivity index (χ0) is 61.4. The summed E-state index contributed by atoms with van der Waals surface area (Å²) in [5.41, 5.74) is 0. The summed E-state index contributed by atoms with van der Waals surface area (Å²) in [5.74, 6) is -0.479. The second-order valence-corrected chi connectivity index (χ2v) is 28.3. The van der Waals surface area contributed by atoms with Crippen LogP contribution in [0.4, 0.5) is 0 Å². The molecule has 0 aliphatic heterocycles. The van der Waals surface area contributed by atoms with E-state index in [2.05, 4.69) is 44.3 Å². The van der Waals surface area contributed by atoms with Crippen LogP contribution in [-0.4, -0.2) is 74.3 Å². The van der Waals surface area contributed by atoms with Crippen molar-refractivity contribution in [2.75, 3.05) is 40.9 Å². The topological polar surface area (TPSA) is 111 Å². The quantitative estimate of drug-likeness (QED) is 0.0205. The van der Waals surface area contributed by atoms with Crippen LogP contribution in [0.15, 0.2) is 24.3 Å². The fourth-order valence-corrected chi connectivity index (χ4v) is 12.1. The molecule has 498 valence electrons. The lowest BCUT2D eigenvalue weighted by Gasteiger charge is -2.27. The predicted molar refractivity (Wildman–Crippen MR) is 365 cm³/mol. The van der Waals surface area contributed by atoms with Crippen molar-refractivity contribution in [2.45, 2.75) is 399 Å². The van der Waals surface area contributed by atoms with Crippen molar-refractivity contribution >= 4 is 19.7 Å². The summed E-state index contributed by atoms with van der Waals surface area (Å²) in [6, 6.07) is -0.843. The molecule has 3 atom stereocenters. The lowest BCUT2D eigenvalue weighted by atomic mass is 10.0. The van der Waals surface area contributed by atoms with Crippen LogP contribution in [0.25, 0.3) is 0 Å². The molecule has 0 rings (SSSR count). The number of phosphoric acid groups is 1. The number of allylic oxidation sites excluding steroid dienone is 3. The Balaban J connectivity index is 4.98. The Morgan fingerprint density at radius 2 is 0.690 bits per heavy atom. The third-order valence-electron chi connectivity index (χ3n) is 17.1. The number of amides is 1. The van der Waals surface area contributed by atoms with Crippen molar-refractivity contribution < 1.29 is 37.3 Å². The molecule has 0 aromatic heterocycles. The van der Waals surface area contributed by atoms with Gasteiger partial charge >= 0.3 is 13.8 Å². The summed E-state index contributed by atoms with van der Waals surface area (Å²) in [5, 5.41) is 3.08. The van der Waals surface area contributed by atoms with Gasteiger partial charge in [-0.25, -0.2) is 4.57 Å². The van der Waals surface area contributed by atoms with Gasteiger partial charge in [0.2, 0.25) is 5.91 Å². The van der Waals surface area contributed by atoms with Gasteiger partial charge in [-0.2, -0.15) is 0 Å². The largest absolute Gasteiger partial charge is 0.472 e. The van der Waals surface area contributed by atoms with E-state index < -0.39 is 20.0 Å². The number of ether oxygens (including phenoxy) is 1. The van der Waals surface area contributed by atoms with Gasteiger partial charge in [-0.1, -0.05) is 341 Å². The Morgan fingerprint density at radius 1 is 0.405 bits per heavy atom. The van der Waals surface area contributed by atoms with Gasteiger partial charge in [0.15, 0.2) is 0 Å². The van der Waals surface area contributed by atoms with Crippen LogP contribution in [0.3, 0.4) is 0 Å². The van der Waals surface area contributed by atoms with Crippen molar-refractivity contribution in [2.24, 2.45) is 0 Å². The van der Waals surface area contributed by atoms with Crippen LogP contribution >= 0.6 is 7.82 Å². The zero-order valence-electron chi connectivity index (χ0n) is 57.2. The summed E-state index contributed by atoms with van der Waals surface area (Å²) >= 11 is 0. The monoisotopic (exact) mass is 1210 g/mol. The first-order valence-corrected chi connectivity index (χ1v) is 38.7. The zero-order valence-corrected chi connectivity index (χ0v) is 58.1. The number of quaternary nitrogens is 1. The Morgan fingerprint density at radius 3 is 1.01 bits per heavy atom. The number of esters is 1. The first-order chi connectivity index (χ1) is 40.9. The Kier molecular flexibility index (Phi) is 63.3. The van der Waals surface area contributed by atoms with E-state index in [1.807, 2.05) is 27.2 Å². The third kappa shape index (κ3) is 64.9. The van der Waals surface area contributed by atoms with Gasteiger partial charge in [0.05, 0.1) is 33.8 Å². The average Bonchev–Trinajstić information content (AvgIpc) is 3.64. The van der Waals surface area contributed by atoms with Crippen molar-refractivity contribution in [3.8, 4) is 0 Å². The highest BCUT2D eigenvalue weighted by Gasteiger charge is 2.30. The minimum Gasteiger partial charge on any atom is -0.456 e. The molecule has 0 radical (unpaired) electrons.